The van der Waals surface area contributed by atoms with Crippen molar-refractivity contribution >= 4 is 56.4 Å². The Bertz CT molecular complexity index is 1300. The van der Waals surface area contributed by atoms with Gasteiger partial charge in [-0.3, -0.25) is 9.59 Å². The number of ether oxygens (including phenoxy) is 2. The molecule has 0 saturated heterocycles. The number of carbonyl (C=O) groups excluding carboxylic acids is 4. The number of rotatable bonds is 11. The van der Waals surface area contributed by atoms with Gasteiger partial charge in [-0.25, -0.2) is 9.59 Å². The first-order valence-corrected chi connectivity index (χ1v) is 13.4. The van der Waals surface area contributed by atoms with Crippen LogP contribution in [-0.4, -0.2) is 61.7 Å². The van der Waals surface area contributed by atoms with Gasteiger partial charge in [0.1, 0.15) is 10.0 Å². The molecule has 0 radical (unpaired) electrons. The van der Waals surface area contributed by atoms with Gasteiger partial charge in [-0.15, -0.1) is 22.7 Å². The fourth-order valence-corrected chi connectivity index (χ4v) is 6.12. The Kier molecular flexibility index (Phi) is 10.1. The van der Waals surface area contributed by atoms with Gasteiger partial charge in [0.15, 0.2) is 0 Å². The Morgan fingerprint density at radius 2 is 0.929 bits per heavy atom. The van der Waals surface area contributed by atoms with E-state index in [9.17, 15) is 54.3 Å². The summed E-state index contributed by atoms with van der Waals surface area (Å²) in [5, 5.41) is 0.888. The SMILES string of the molecule is CCc1c(C)sc(NC(=O)C(F)(F)C(F)(F)C(F)(F)C(F)(F)C(=O)Nc2sc(C)c(CC)c2C(=O)OC)c1C(=O)OC. The van der Waals surface area contributed by atoms with E-state index >= 15 is 0 Å². The molecule has 2 aromatic heterocycles. The highest BCUT2D eigenvalue weighted by Gasteiger charge is 2.84. The van der Waals surface area contributed by atoms with Gasteiger partial charge < -0.3 is 20.1 Å². The molecule has 0 atom stereocenters. The average Bonchev–Trinajstić information content (AvgIpc) is 3.40. The quantitative estimate of drug-likeness (QED) is 0.220. The summed E-state index contributed by atoms with van der Waals surface area (Å²) in [4.78, 5) is 49.1. The molecule has 0 spiro atoms. The lowest BCUT2D eigenvalue weighted by molar-refractivity contribution is -0.345. The molecule has 234 valence electrons. The number of hydrogen-bond donors (Lipinski definition) is 2. The maximum absolute atomic E-state index is 14.6. The maximum Gasteiger partial charge on any atom is 0.393 e. The molecule has 0 aliphatic rings. The molecule has 0 fully saturated rings. The van der Waals surface area contributed by atoms with Crippen LogP contribution in [0.25, 0.3) is 0 Å². The van der Waals surface area contributed by atoms with Gasteiger partial charge >= 0.3 is 47.4 Å². The van der Waals surface area contributed by atoms with Crippen molar-refractivity contribution in [1.29, 1.82) is 0 Å². The highest BCUT2D eigenvalue weighted by Crippen LogP contribution is 2.53. The van der Waals surface area contributed by atoms with Crippen molar-refractivity contribution in [3.05, 3.63) is 32.0 Å². The minimum Gasteiger partial charge on any atom is -0.465 e. The van der Waals surface area contributed by atoms with Crippen LogP contribution in [-0.2, 0) is 31.9 Å². The number of aryl methyl sites for hydroxylation is 2. The minimum atomic E-state index is -7.17. The number of anilines is 2. The van der Waals surface area contributed by atoms with Gasteiger partial charge in [-0.2, -0.15) is 35.1 Å². The third-order valence-corrected chi connectivity index (χ3v) is 8.24. The normalized spacial score (nSPS) is 12.6. The fraction of sp³-hybridized carbons (Fsp3) is 0.500. The van der Waals surface area contributed by atoms with Crippen molar-refractivity contribution in [2.75, 3.05) is 24.9 Å². The molecule has 0 saturated carbocycles. The largest absolute Gasteiger partial charge is 0.465 e. The molecular weight excluding hydrogens is 628 g/mol. The van der Waals surface area contributed by atoms with Crippen molar-refractivity contribution in [3.63, 3.8) is 0 Å². The second kappa shape index (κ2) is 12.1. The molecule has 0 unspecified atom stereocenters. The van der Waals surface area contributed by atoms with E-state index in [-0.39, 0.29) is 33.7 Å². The van der Waals surface area contributed by atoms with E-state index in [1.165, 1.54) is 38.3 Å². The predicted octanol–water partition coefficient (Wildman–Crippen LogP) is 6.24. The van der Waals surface area contributed by atoms with Crippen LogP contribution >= 0.6 is 22.7 Å². The number of thiophene rings is 2. The summed E-state index contributed by atoms with van der Waals surface area (Å²) in [7, 11) is 1.76. The lowest BCUT2D eigenvalue weighted by atomic mass is 9.97. The molecule has 2 heterocycles. The van der Waals surface area contributed by atoms with E-state index in [2.05, 4.69) is 9.47 Å². The van der Waals surface area contributed by atoms with E-state index in [0.717, 1.165) is 14.2 Å². The van der Waals surface area contributed by atoms with Crippen molar-refractivity contribution in [1.82, 2.24) is 0 Å². The average molecular weight is 653 g/mol. The Labute approximate surface area is 241 Å². The summed E-state index contributed by atoms with van der Waals surface area (Å²) in [5.74, 6) is -36.1. The first-order valence-electron chi connectivity index (χ1n) is 11.7. The second-order valence-electron chi connectivity index (χ2n) is 8.58. The van der Waals surface area contributed by atoms with E-state index in [1.807, 2.05) is 0 Å². The van der Waals surface area contributed by atoms with Crippen LogP contribution in [0.1, 0.15) is 55.4 Å². The number of amides is 2. The van der Waals surface area contributed by atoms with Gasteiger partial charge in [0, 0.05) is 9.75 Å². The van der Waals surface area contributed by atoms with Gasteiger partial charge in [0.2, 0.25) is 0 Å². The highest BCUT2D eigenvalue weighted by atomic mass is 32.1. The van der Waals surface area contributed by atoms with Gasteiger partial charge in [0.25, 0.3) is 0 Å². The van der Waals surface area contributed by atoms with Crippen LogP contribution in [0.4, 0.5) is 45.1 Å². The van der Waals surface area contributed by atoms with Gasteiger partial charge in [0.05, 0.1) is 25.3 Å². The zero-order chi connectivity index (χ0) is 32.6. The summed E-state index contributed by atoms with van der Waals surface area (Å²) in [6, 6.07) is 0. The molecule has 2 aromatic rings. The number of carbonyl (C=O) groups is 4. The molecule has 8 nitrogen and oxygen atoms in total. The Hall–Kier alpha value is -3.28. The zero-order valence-corrected chi connectivity index (χ0v) is 24.3. The van der Waals surface area contributed by atoms with E-state index in [1.54, 1.807) is 0 Å². The van der Waals surface area contributed by atoms with E-state index in [0.29, 0.717) is 22.7 Å². The molecule has 2 rings (SSSR count). The van der Waals surface area contributed by atoms with Crippen LogP contribution < -0.4 is 10.6 Å². The summed E-state index contributed by atoms with van der Waals surface area (Å²) in [5.41, 5.74) is -0.727. The van der Waals surface area contributed by atoms with Crippen LogP contribution in [0.2, 0.25) is 0 Å². The number of hydrogen-bond acceptors (Lipinski definition) is 8. The van der Waals surface area contributed by atoms with Crippen molar-refractivity contribution in [2.24, 2.45) is 0 Å². The van der Waals surface area contributed by atoms with Crippen molar-refractivity contribution in [3.8, 4) is 0 Å². The molecule has 18 heteroatoms. The third-order valence-electron chi connectivity index (χ3n) is 6.11. The number of halogens is 8. The first-order chi connectivity index (χ1) is 19.2. The van der Waals surface area contributed by atoms with Gasteiger partial charge in [-0.05, 0) is 37.8 Å². The smallest absolute Gasteiger partial charge is 0.393 e. The lowest BCUT2D eigenvalue weighted by Crippen LogP contribution is -2.67. The molecule has 42 heavy (non-hydrogen) atoms. The standard InChI is InChI=1S/C24H24F8N2O6S2/c1-7-11-9(3)41-15(13(11)17(35)39-5)33-19(37)21(25,26)23(29,30)24(31,32)22(27,28)20(38)34-16-14(18(36)40-6)12(8-2)10(4)42-16/h7-8H2,1-6H3,(H,33,37)(H,34,38). The Morgan fingerprint density at radius 1 is 0.643 bits per heavy atom. The maximum atomic E-state index is 14.6. The monoisotopic (exact) mass is 652 g/mol. The minimum absolute atomic E-state index is 0.0792. The number of alkyl halides is 8. The Balaban J connectivity index is 2.48. The lowest BCUT2D eigenvalue weighted by Gasteiger charge is -2.35. The molecule has 0 bridgehead atoms. The zero-order valence-electron chi connectivity index (χ0n) is 22.7. The molecular formula is C24H24F8N2O6S2. The van der Waals surface area contributed by atoms with E-state index < -0.39 is 68.6 Å². The number of esters is 2. The van der Waals surface area contributed by atoms with Crippen molar-refractivity contribution < 1.29 is 63.8 Å². The summed E-state index contributed by atoms with van der Waals surface area (Å²) < 4.78 is 126. The number of methoxy groups -OCH3 is 2. The number of nitrogens with one attached hydrogen (secondary N) is 2. The van der Waals surface area contributed by atoms with Crippen LogP contribution in [0, 0.1) is 13.8 Å². The molecule has 2 N–H and O–H groups in total. The molecule has 0 aliphatic carbocycles. The van der Waals surface area contributed by atoms with Crippen molar-refractivity contribution in [2.45, 2.75) is 64.2 Å². The summed E-state index contributed by atoms with van der Waals surface area (Å²) in [6.07, 6.45) is 0.158. The highest BCUT2D eigenvalue weighted by molar-refractivity contribution is 7.17. The summed E-state index contributed by atoms with van der Waals surface area (Å²) >= 11 is 0.893. The summed E-state index contributed by atoms with van der Waals surface area (Å²) in [6.45, 7) is 5.77. The fourth-order valence-electron chi connectivity index (χ4n) is 3.86. The van der Waals surface area contributed by atoms with Crippen LogP contribution in [0.3, 0.4) is 0 Å². The first kappa shape index (κ1) is 34.9. The molecule has 2 amide bonds. The molecule has 0 aromatic carbocycles. The molecule has 0 aliphatic heterocycles. The van der Waals surface area contributed by atoms with Gasteiger partial charge in [-0.1, -0.05) is 13.8 Å². The van der Waals surface area contributed by atoms with E-state index in [4.69, 9.17) is 0 Å². The second-order valence-corrected chi connectivity index (χ2v) is 11.0. The van der Waals surface area contributed by atoms with Crippen LogP contribution in [0.15, 0.2) is 0 Å². The van der Waals surface area contributed by atoms with Crippen LogP contribution in [0.5, 0.6) is 0 Å². The topological polar surface area (TPSA) is 111 Å². The third kappa shape index (κ3) is 5.57. The predicted molar refractivity (Wildman–Crippen MR) is 137 cm³/mol. The Morgan fingerprint density at radius 3 is 1.17 bits per heavy atom.